The molecule has 1 N–H and O–H groups in total. The standard InChI is InChI=1S/C24H28N4O4S/c1-17(2)21(24-26-22(27-32-24)18-9-5-3-6-10-18)25-23(29)19-11-13-20(14-12-19)33(30,31)28-15-7-4-8-16-28/h3,5-6,9-14,17,21H,4,7-8,15-16H2,1-2H3,(H,25,29). The van der Waals surface area contributed by atoms with Crippen LogP contribution in [0.2, 0.25) is 0 Å². The summed E-state index contributed by atoms with van der Waals surface area (Å²) in [7, 11) is -3.54. The summed E-state index contributed by atoms with van der Waals surface area (Å²) in [6.07, 6.45) is 2.80. The monoisotopic (exact) mass is 468 g/mol. The molecule has 1 aliphatic heterocycles. The molecule has 0 saturated carbocycles. The predicted octanol–water partition coefficient (Wildman–Crippen LogP) is 4.04. The van der Waals surface area contributed by atoms with Crippen LogP contribution in [0.1, 0.15) is 55.4 Å². The molecule has 4 rings (SSSR count). The van der Waals surface area contributed by atoms with E-state index in [1.165, 1.54) is 28.6 Å². The van der Waals surface area contributed by atoms with Gasteiger partial charge in [-0.05, 0) is 43.0 Å². The van der Waals surface area contributed by atoms with Crippen LogP contribution in [-0.2, 0) is 10.0 Å². The normalized spacial score (nSPS) is 16.0. The van der Waals surface area contributed by atoms with Crippen molar-refractivity contribution in [3.05, 3.63) is 66.1 Å². The van der Waals surface area contributed by atoms with Gasteiger partial charge in [-0.2, -0.15) is 9.29 Å². The third kappa shape index (κ3) is 5.15. The lowest BCUT2D eigenvalue weighted by Crippen LogP contribution is -2.35. The van der Waals surface area contributed by atoms with Crippen molar-refractivity contribution < 1.29 is 17.7 Å². The van der Waals surface area contributed by atoms with Gasteiger partial charge in [-0.1, -0.05) is 55.8 Å². The maximum Gasteiger partial charge on any atom is 0.251 e. The average molecular weight is 469 g/mol. The minimum Gasteiger partial charge on any atom is -0.340 e. The minimum atomic E-state index is -3.54. The number of rotatable bonds is 7. The number of nitrogens with one attached hydrogen (secondary N) is 1. The summed E-state index contributed by atoms with van der Waals surface area (Å²) in [5.41, 5.74) is 1.19. The van der Waals surface area contributed by atoms with Crippen molar-refractivity contribution in [3.63, 3.8) is 0 Å². The molecule has 1 aliphatic rings. The third-order valence-electron chi connectivity index (χ3n) is 5.76. The molecule has 2 aromatic carbocycles. The molecule has 33 heavy (non-hydrogen) atoms. The Morgan fingerprint density at radius 2 is 1.67 bits per heavy atom. The zero-order chi connectivity index (χ0) is 23.4. The van der Waals surface area contributed by atoms with Gasteiger partial charge in [0.25, 0.3) is 5.91 Å². The van der Waals surface area contributed by atoms with Gasteiger partial charge in [0.1, 0.15) is 6.04 Å². The van der Waals surface area contributed by atoms with E-state index in [-0.39, 0.29) is 16.7 Å². The SMILES string of the molecule is CC(C)C(NC(=O)c1ccc(S(=O)(=O)N2CCCCC2)cc1)c1nc(-c2ccccc2)no1. The van der Waals surface area contributed by atoms with Crippen LogP contribution in [0.5, 0.6) is 0 Å². The van der Waals surface area contributed by atoms with Crippen LogP contribution in [-0.4, -0.2) is 41.9 Å². The van der Waals surface area contributed by atoms with Gasteiger partial charge in [0.15, 0.2) is 0 Å². The lowest BCUT2D eigenvalue weighted by molar-refractivity contribution is 0.0914. The molecule has 3 aromatic rings. The van der Waals surface area contributed by atoms with E-state index in [1.54, 1.807) is 0 Å². The molecule has 0 bridgehead atoms. The van der Waals surface area contributed by atoms with Crippen molar-refractivity contribution in [1.29, 1.82) is 0 Å². The van der Waals surface area contributed by atoms with Gasteiger partial charge in [-0.25, -0.2) is 8.42 Å². The number of amides is 1. The minimum absolute atomic E-state index is 0.00299. The smallest absolute Gasteiger partial charge is 0.251 e. The van der Waals surface area contributed by atoms with Gasteiger partial charge in [-0.3, -0.25) is 4.79 Å². The second-order valence-corrected chi connectivity index (χ2v) is 10.4. The molecule has 8 nitrogen and oxygen atoms in total. The Balaban J connectivity index is 1.48. The molecule has 9 heteroatoms. The van der Waals surface area contributed by atoms with Crippen LogP contribution in [0.3, 0.4) is 0 Å². The van der Waals surface area contributed by atoms with Crippen molar-refractivity contribution in [3.8, 4) is 11.4 Å². The number of carbonyl (C=O) groups is 1. The molecule has 1 saturated heterocycles. The number of benzene rings is 2. The number of piperidine rings is 1. The molecule has 0 aliphatic carbocycles. The molecule has 1 aromatic heterocycles. The topological polar surface area (TPSA) is 105 Å². The highest BCUT2D eigenvalue weighted by Gasteiger charge is 2.27. The van der Waals surface area contributed by atoms with E-state index in [0.29, 0.717) is 30.4 Å². The van der Waals surface area contributed by atoms with E-state index in [2.05, 4.69) is 15.5 Å². The van der Waals surface area contributed by atoms with Crippen LogP contribution >= 0.6 is 0 Å². The van der Waals surface area contributed by atoms with Crippen molar-refractivity contribution in [1.82, 2.24) is 19.8 Å². The summed E-state index contributed by atoms with van der Waals surface area (Å²) in [6.45, 7) is 4.98. The van der Waals surface area contributed by atoms with Gasteiger partial charge >= 0.3 is 0 Å². The maximum absolute atomic E-state index is 12.9. The molecular formula is C24H28N4O4S. The number of nitrogens with zero attached hydrogens (tertiary/aromatic N) is 3. The van der Waals surface area contributed by atoms with Crippen molar-refractivity contribution in [2.75, 3.05) is 13.1 Å². The molecule has 0 spiro atoms. The maximum atomic E-state index is 12.9. The highest BCUT2D eigenvalue weighted by Crippen LogP contribution is 2.25. The number of carbonyl (C=O) groups excluding carboxylic acids is 1. The number of aromatic nitrogens is 2. The largest absolute Gasteiger partial charge is 0.340 e. The van der Waals surface area contributed by atoms with Gasteiger partial charge in [0, 0.05) is 24.2 Å². The Morgan fingerprint density at radius 1 is 1.00 bits per heavy atom. The first-order valence-corrected chi connectivity index (χ1v) is 12.6. The summed E-state index contributed by atoms with van der Waals surface area (Å²) in [6, 6.07) is 15.0. The van der Waals surface area contributed by atoms with Crippen molar-refractivity contribution >= 4 is 15.9 Å². The fourth-order valence-corrected chi connectivity index (χ4v) is 5.35. The van der Waals surface area contributed by atoms with Crippen LogP contribution in [0.25, 0.3) is 11.4 Å². The molecule has 174 valence electrons. The first kappa shape index (κ1) is 23.1. The first-order chi connectivity index (χ1) is 15.9. The van der Waals surface area contributed by atoms with Gasteiger partial charge in [-0.15, -0.1) is 0 Å². The Kier molecular flexibility index (Phi) is 6.90. The second kappa shape index (κ2) is 9.84. The van der Waals surface area contributed by atoms with Gasteiger partial charge in [0.2, 0.25) is 21.7 Å². The predicted molar refractivity (Wildman–Crippen MR) is 124 cm³/mol. The first-order valence-electron chi connectivity index (χ1n) is 11.2. The fraction of sp³-hybridized carbons (Fsp3) is 0.375. The summed E-state index contributed by atoms with van der Waals surface area (Å²) in [5, 5.41) is 6.98. The van der Waals surface area contributed by atoms with E-state index in [0.717, 1.165) is 24.8 Å². The number of sulfonamides is 1. The summed E-state index contributed by atoms with van der Waals surface area (Å²) >= 11 is 0. The van der Waals surface area contributed by atoms with E-state index in [9.17, 15) is 13.2 Å². The van der Waals surface area contributed by atoms with E-state index >= 15 is 0 Å². The summed E-state index contributed by atoms with van der Waals surface area (Å²) in [5.74, 6) is 0.436. The molecule has 2 heterocycles. The molecule has 1 unspecified atom stereocenters. The quantitative estimate of drug-likeness (QED) is 0.561. The van der Waals surface area contributed by atoms with Gasteiger partial charge < -0.3 is 9.84 Å². The average Bonchev–Trinajstić information content (AvgIpc) is 3.33. The molecule has 1 atom stereocenters. The van der Waals surface area contributed by atoms with Crippen molar-refractivity contribution in [2.45, 2.75) is 44.0 Å². The molecule has 1 fully saturated rings. The van der Waals surface area contributed by atoms with E-state index in [4.69, 9.17) is 4.52 Å². The Bertz CT molecular complexity index is 1180. The Labute approximate surface area is 194 Å². The van der Waals surface area contributed by atoms with Crippen LogP contribution in [0.4, 0.5) is 0 Å². The van der Waals surface area contributed by atoms with Crippen molar-refractivity contribution in [2.24, 2.45) is 5.92 Å². The number of hydrogen-bond acceptors (Lipinski definition) is 6. The lowest BCUT2D eigenvalue weighted by Gasteiger charge is -2.25. The highest BCUT2D eigenvalue weighted by atomic mass is 32.2. The third-order valence-corrected chi connectivity index (χ3v) is 7.68. The molecule has 0 radical (unpaired) electrons. The lowest BCUT2D eigenvalue weighted by atomic mass is 10.0. The second-order valence-electron chi connectivity index (χ2n) is 8.51. The zero-order valence-electron chi connectivity index (χ0n) is 18.8. The van der Waals surface area contributed by atoms with E-state index < -0.39 is 16.1 Å². The Hall–Kier alpha value is -3.04. The van der Waals surface area contributed by atoms with E-state index in [1.807, 2.05) is 44.2 Å². The molecular weight excluding hydrogens is 440 g/mol. The summed E-state index contributed by atoms with van der Waals surface area (Å²) < 4.78 is 32.6. The fourth-order valence-electron chi connectivity index (χ4n) is 3.84. The van der Waals surface area contributed by atoms with Crippen LogP contribution < -0.4 is 5.32 Å². The molecule has 1 amide bonds. The van der Waals surface area contributed by atoms with Crippen LogP contribution in [0, 0.1) is 5.92 Å². The Morgan fingerprint density at radius 3 is 2.30 bits per heavy atom. The number of hydrogen-bond donors (Lipinski definition) is 1. The van der Waals surface area contributed by atoms with Gasteiger partial charge in [0.05, 0.1) is 4.90 Å². The zero-order valence-corrected chi connectivity index (χ0v) is 19.6. The highest BCUT2D eigenvalue weighted by molar-refractivity contribution is 7.89. The summed E-state index contributed by atoms with van der Waals surface area (Å²) in [4.78, 5) is 17.6. The van der Waals surface area contributed by atoms with Crippen LogP contribution in [0.15, 0.2) is 64.0 Å².